The van der Waals surface area contributed by atoms with Crippen molar-refractivity contribution in [3.8, 4) is 5.75 Å². The Labute approximate surface area is 115 Å². The summed E-state index contributed by atoms with van der Waals surface area (Å²) in [5, 5.41) is 0. The zero-order valence-electron chi connectivity index (χ0n) is 12.0. The van der Waals surface area contributed by atoms with E-state index in [1.807, 2.05) is 12.1 Å². The van der Waals surface area contributed by atoms with Crippen molar-refractivity contribution in [2.24, 2.45) is 11.3 Å². The van der Waals surface area contributed by atoms with E-state index in [0.717, 1.165) is 17.7 Å². The molecule has 2 aliphatic rings. The predicted octanol–water partition coefficient (Wildman–Crippen LogP) is 4.19. The maximum absolute atomic E-state index is 12.3. The van der Waals surface area contributed by atoms with Crippen molar-refractivity contribution in [2.75, 3.05) is 7.11 Å². The highest BCUT2D eigenvalue weighted by Crippen LogP contribution is 2.51. The Hall–Kier alpha value is -1.31. The highest BCUT2D eigenvalue weighted by Gasteiger charge is 2.41. The fourth-order valence-electron chi connectivity index (χ4n) is 3.94. The summed E-state index contributed by atoms with van der Waals surface area (Å²) in [5.41, 5.74) is 2.55. The summed E-state index contributed by atoms with van der Waals surface area (Å²) in [4.78, 5) is 12.3. The molecule has 0 bridgehead atoms. The zero-order chi connectivity index (χ0) is 13.6. The molecular formula is C17H22O2. The Bertz CT molecular complexity index is 516. The Morgan fingerprint density at radius 3 is 2.84 bits per heavy atom. The number of rotatable bonds is 1. The van der Waals surface area contributed by atoms with Crippen LogP contribution >= 0.6 is 0 Å². The number of benzene rings is 1. The minimum absolute atomic E-state index is 0.316. The predicted molar refractivity (Wildman–Crippen MR) is 75.8 cm³/mol. The van der Waals surface area contributed by atoms with E-state index in [1.165, 1.54) is 24.8 Å². The van der Waals surface area contributed by atoms with Gasteiger partial charge in [0.25, 0.3) is 0 Å². The van der Waals surface area contributed by atoms with Crippen molar-refractivity contribution in [3.63, 3.8) is 0 Å². The fraction of sp³-hybridized carbons (Fsp3) is 0.588. The molecule has 0 heterocycles. The molecule has 0 spiro atoms. The Morgan fingerprint density at radius 2 is 2.11 bits per heavy atom. The highest BCUT2D eigenvalue weighted by molar-refractivity contribution is 5.99. The highest BCUT2D eigenvalue weighted by atomic mass is 16.5. The van der Waals surface area contributed by atoms with Gasteiger partial charge in [-0.1, -0.05) is 13.8 Å². The number of carbonyl (C=O) groups is 1. The lowest BCUT2D eigenvalue weighted by Crippen LogP contribution is -2.34. The molecule has 0 aromatic heterocycles. The molecular weight excluding hydrogens is 236 g/mol. The van der Waals surface area contributed by atoms with Gasteiger partial charge in [-0.25, -0.2) is 0 Å². The Morgan fingerprint density at radius 1 is 1.32 bits per heavy atom. The molecule has 1 aromatic carbocycles. The second kappa shape index (κ2) is 4.36. The van der Waals surface area contributed by atoms with Crippen LogP contribution in [0.2, 0.25) is 0 Å². The van der Waals surface area contributed by atoms with Crippen molar-refractivity contribution in [1.29, 1.82) is 0 Å². The topological polar surface area (TPSA) is 26.3 Å². The third-order valence-corrected chi connectivity index (χ3v) is 4.92. The van der Waals surface area contributed by atoms with E-state index >= 15 is 0 Å². The van der Waals surface area contributed by atoms with Gasteiger partial charge in [0.1, 0.15) is 5.75 Å². The molecule has 2 aliphatic carbocycles. The van der Waals surface area contributed by atoms with E-state index in [2.05, 4.69) is 19.9 Å². The van der Waals surface area contributed by atoms with Gasteiger partial charge in [0.05, 0.1) is 7.11 Å². The summed E-state index contributed by atoms with van der Waals surface area (Å²) in [6.45, 7) is 4.66. The summed E-state index contributed by atoms with van der Waals surface area (Å²) in [6.07, 6.45) is 4.34. The number of hydrogen-bond acceptors (Lipinski definition) is 2. The first kappa shape index (κ1) is 12.7. The number of ketones is 1. The molecule has 2 unspecified atom stereocenters. The van der Waals surface area contributed by atoms with Gasteiger partial charge in [-0.15, -0.1) is 0 Å². The van der Waals surface area contributed by atoms with E-state index in [0.29, 0.717) is 23.0 Å². The van der Waals surface area contributed by atoms with Gasteiger partial charge in [-0.3, -0.25) is 4.79 Å². The van der Waals surface area contributed by atoms with Crippen molar-refractivity contribution in [2.45, 2.75) is 45.4 Å². The van der Waals surface area contributed by atoms with Crippen LogP contribution in [0.15, 0.2) is 18.2 Å². The minimum Gasteiger partial charge on any atom is -0.497 e. The number of Topliss-reactive ketones (excluding diaryl/α,β-unsaturated/α-hetero) is 1. The van der Waals surface area contributed by atoms with Gasteiger partial charge in [0.2, 0.25) is 0 Å². The van der Waals surface area contributed by atoms with E-state index in [1.54, 1.807) is 7.11 Å². The molecule has 0 radical (unpaired) electrons. The van der Waals surface area contributed by atoms with Crippen molar-refractivity contribution in [1.82, 2.24) is 0 Å². The lowest BCUT2D eigenvalue weighted by Gasteiger charge is -2.43. The summed E-state index contributed by atoms with van der Waals surface area (Å²) in [7, 11) is 1.69. The average molecular weight is 258 g/mol. The second-order valence-electron chi connectivity index (χ2n) is 6.85. The second-order valence-corrected chi connectivity index (χ2v) is 6.85. The smallest absolute Gasteiger partial charge is 0.163 e. The van der Waals surface area contributed by atoms with Gasteiger partial charge in [0, 0.05) is 12.0 Å². The summed E-state index contributed by atoms with van der Waals surface area (Å²) in [5.74, 6) is 2.26. The van der Waals surface area contributed by atoms with Gasteiger partial charge in [-0.05, 0) is 60.3 Å². The van der Waals surface area contributed by atoms with Crippen LogP contribution in [0.4, 0.5) is 0 Å². The molecule has 0 N–H and O–H groups in total. The van der Waals surface area contributed by atoms with Crippen LogP contribution in [-0.4, -0.2) is 12.9 Å². The van der Waals surface area contributed by atoms with Crippen LogP contribution < -0.4 is 4.74 Å². The maximum Gasteiger partial charge on any atom is 0.163 e. The molecule has 3 rings (SSSR count). The van der Waals surface area contributed by atoms with E-state index in [4.69, 9.17) is 4.74 Å². The van der Waals surface area contributed by atoms with Crippen LogP contribution in [-0.2, 0) is 0 Å². The monoisotopic (exact) mass is 258 g/mol. The first-order valence-corrected chi connectivity index (χ1v) is 7.21. The molecule has 19 heavy (non-hydrogen) atoms. The minimum atomic E-state index is 0.316. The van der Waals surface area contributed by atoms with Crippen molar-refractivity contribution >= 4 is 5.78 Å². The molecule has 102 valence electrons. The standard InChI is InChI=1S/C17H22O2/c1-17(2)7-6-13-11(10-17)8-16(18)14-5-4-12(19-3)9-15(13)14/h4-5,9,11,13H,6-8,10H2,1-3H3. The molecule has 1 saturated carbocycles. The van der Waals surface area contributed by atoms with Gasteiger partial charge < -0.3 is 4.74 Å². The quantitative estimate of drug-likeness (QED) is 0.755. The first-order valence-electron chi connectivity index (χ1n) is 7.21. The van der Waals surface area contributed by atoms with Crippen molar-refractivity contribution in [3.05, 3.63) is 29.3 Å². The molecule has 2 atom stereocenters. The van der Waals surface area contributed by atoms with Gasteiger partial charge >= 0.3 is 0 Å². The van der Waals surface area contributed by atoms with Crippen LogP contribution in [0.1, 0.15) is 61.4 Å². The number of methoxy groups -OCH3 is 1. The molecule has 0 aliphatic heterocycles. The van der Waals surface area contributed by atoms with E-state index in [9.17, 15) is 4.79 Å². The molecule has 2 heteroatoms. The number of ether oxygens (including phenoxy) is 1. The zero-order valence-corrected chi connectivity index (χ0v) is 12.0. The lowest BCUT2D eigenvalue weighted by molar-refractivity contribution is 0.0850. The number of carbonyl (C=O) groups excluding carboxylic acids is 1. The lowest BCUT2D eigenvalue weighted by atomic mass is 9.61. The summed E-state index contributed by atoms with van der Waals surface area (Å²) < 4.78 is 5.32. The largest absolute Gasteiger partial charge is 0.497 e. The van der Waals surface area contributed by atoms with E-state index < -0.39 is 0 Å². The van der Waals surface area contributed by atoms with Crippen molar-refractivity contribution < 1.29 is 9.53 Å². The van der Waals surface area contributed by atoms with Crippen LogP contribution in [0.5, 0.6) is 5.75 Å². The number of fused-ring (bicyclic) bond motifs is 3. The third kappa shape index (κ3) is 2.18. The molecule has 2 nitrogen and oxygen atoms in total. The molecule has 0 amide bonds. The van der Waals surface area contributed by atoms with Crippen LogP contribution in [0, 0.1) is 11.3 Å². The number of hydrogen-bond donors (Lipinski definition) is 0. The average Bonchev–Trinajstić information content (AvgIpc) is 2.36. The molecule has 0 saturated heterocycles. The van der Waals surface area contributed by atoms with Crippen LogP contribution in [0.3, 0.4) is 0 Å². The Kier molecular flexibility index (Phi) is 2.92. The third-order valence-electron chi connectivity index (χ3n) is 4.92. The summed E-state index contributed by atoms with van der Waals surface area (Å²) >= 11 is 0. The SMILES string of the molecule is COc1ccc2c(c1)C1CCC(C)(C)CC1CC2=O. The Balaban J connectivity index is 2.01. The first-order chi connectivity index (χ1) is 9.00. The maximum atomic E-state index is 12.3. The molecule has 1 aromatic rings. The summed E-state index contributed by atoms with van der Waals surface area (Å²) in [6, 6.07) is 5.94. The normalized spacial score (nSPS) is 28.5. The van der Waals surface area contributed by atoms with Gasteiger partial charge in [0.15, 0.2) is 5.78 Å². The van der Waals surface area contributed by atoms with Crippen LogP contribution in [0.25, 0.3) is 0 Å². The van der Waals surface area contributed by atoms with E-state index in [-0.39, 0.29) is 0 Å². The van der Waals surface area contributed by atoms with Gasteiger partial charge in [-0.2, -0.15) is 0 Å². The fourth-order valence-corrected chi connectivity index (χ4v) is 3.94. The molecule has 1 fully saturated rings.